The van der Waals surface area contributed by atoms with E-state index in [1.807, 2.05) is 0 Å². The van der Waals surface area contributed by atoms with E-state index in [0.717, 1.165) is 12.1 Å². The minimum Gasteiger partial charge on any atom is -0.478 e. The number of alkyl halides is 3. The van der Waals surface area contributed by atoms with Crippen molar-refractivity contribution in [2.75, 3.05) is 0 Å². The zero-order valence-electron chi connectivity index (χ0n) is 14.5. The van der Waals surface area contributed by atoms with Gasteiger partial charge in [-0.05, 0) is 30.3 Å². The van der Waals surface area contributed by atoms with Gasteiger partial charge in [0.2, 0.25) is 0 Å². The summed E-state index contributed by atoms with van der Waals surface area (Å²) in [6, 6.07) is 9.17. The lowest BCUT2D eigenvalue weighted by atomic mass is 10.0. The number of aryl methyl sites for hydroxylation is 1. The van der Waals surface area contributed by atoms with E-state index in [1.165, 1.54) is 28.9 Å². The second kappa shape index (κ2) is 6.22. The summed E-state index contributed by atoms with van der Waals surface area (Å²) in [5, 5.41) is 14.4. The molecule has 0 atom stereocenters. The van der Waals surface area contributed by atoms with Crippen LogP contribution in [0.15, 0.2) is 55.0 Å². The quantitative estimate of drug-likeness (QED) is 0.574. The van der Waals surface area contributed by atoms with Gasteiger partial charge >= 0.3 is 12.1 Å². The summed E-state index contributed by atoms with van der Waals surface area (Å²) < 4.78 is 41.7. The number of imidazole rings is 1. The van der Waals surface area contributed by atoms with Crippen LogP contribution in [0.1, 0.15) is 15.9 Å². The summed E-state index contributed by atoms with van der Waals surface area (Å²) >= 11 is 0. The number of aromatic nitrogens is 4. The van der Waals surface area contributed by atoms with E-state index in [0.29, 0.717) is 28.0 Å². The number of hydrogen-bond donors (Lipinski definition) is 1. The van der Waals surface area contributed by atoms with Crippen LogP contribution in [-0.4, -0.2) is 30.4 Å². The number of carbonyl (C=O) groups is 1. The van der Waals surface area contributed by atoms with E-state index in [4.69, 9.17) is 0 Å². The Kier molecular flexibility index (Phi) is 3.95. The Labute approximate surface area is 156 Å². The van der Waals surface area contributed by atoms with Gasteiger partial charge in [-0.2, -0.15) is 18.3 Å². The van der Waals surface area contributed by atoms with Crippen molar-refractivity contribution in [2.24, 2.45) is 7.05 Å². The van der Waals surface area contributed by atoms with Crippen LogP contribution in [0.3, 0.4) is 0 Å². The van der Waals surface area contributed by atoms with Crippen molar-refractivity contribution in [2.45, 2.75) is 6.18 Å². The molecule has 28 heavy (non-hydrogen) atoms. The first-order valence-corrected chi connectivity index (χ1v) is 8.16. The molecule has 0 saturated carbocycles. The highest BCUT2D eigenvalue weighted by Gasteiger charge is 2.30. The van der Waals surface area contributed by atoms with Crippen LogP contribution in [0.5, 0.6) is 0 Å². The molecular formula is C19H13F3N4O2. The largest absolute Gasteiger partial charge is 0.478 e. The predicted molar refractivity (Wildman–Crippen MR) is 95.2 cm³/mol. The Bertz CT molecular complexity index is 1190. The standard InChI is InChI=1S/C19H13F3N4O2/c1-25-9-16(23-10-25)26-15-8-12(18(27)28)4-7-14(15)17(24-26)11-2-5-13(6-3-11)19(20,21)22/h2-10H,1H3,(H,27,28). The molecule has 0 fully saturated rings. The number of fused-ring (bicyclic) bond motifs is 1. The Hall–Kier alpha value is -3.62. The predicted octanol–water partition coefficient (Wildman–Crippen LogP) is 4.14. The van der Waals surface area contributed by atoms with E-state index in [-0.39, 0.29) is 5.56 Å². The fourth-order valence-corrected chi connectivity index (χ4v) is 2.96. The van der Waals surface area contributed by atoms with Gasteiger partial charge < -0.3 is 9.67 Å². The third kappa shape index (κ3) is 3.00. The number of hydrogen-bond acceptors (Lipinski definition) is 3. The molecule has 9 heteroatoms. The minimum absolute atomic E-state index is 0.0727. The minimum atomic E-state index is -4.43. The third-order valence-corrected chi connectivity index (χ3v) is 4.32. The van der Waals surface area contributed by atoms with Crippen molar-refractivity contribution in [1.29, 1.82) is 0 Å². The average molecular weight is 386 g/mol. The fourth-order valence-electron chi connectivity index (χ4n) is 2.96. The molecule has 0 aliphatic heterocycles. The second-order valence-electron chi connectivity index (χ2n) is 6.27. The lowest BCUT2D eigenvalue weighted by Crippen LogP contribution is -2.04. The van der Waals surface area contributed by atoms with Gasteiger partial charge in [0.25, 0.3) is 0 Å². The highest BCUT2D eigenvalue weighted by Crippen LogP contribution is 2.34. The van der Waals surface area contributed by atoms with Gasteiger partial charge in [-0.1, -0.05) is 12.1 Å². The molecular weight excluding hydrogens is 373 g/mol. The maximum atomic E-state index is 12.8. The lowest BCUT2D eigenvalue weighted by molar-refractivity contribution is -0.137. The molecule has 0 saturated heterocycles. The van der Waals surface area contributed by atoms with Crippen LogP contribution >= 0.6 is 0 Å². The number of carboxylic acids is 1. The maximum absolute atomic E-state index is 12.8. The molecule has 0 unspecified atom stereocenters. The van der Waals surface area contributed by atoms with Gasteiger partial charge in [-0.3, -0.25) is 0 Å². The first kappa shape index (κ1) is 17.8. The number of nitrogens with zero attached hydrogens (tertiary/aromatic N) is 4. The summed E-state index contributed by atoms with van der Waals surface area (Å²) in [5.41, 5.74) is 0.733. The van der Waals surface area contributed by atoms with Crippen LogP contribution in [0.2, 0.25) is 0 Å². The fraction of sp³-hybridized carbons (Fsp3) is 0.105. The topological polar surface area (TPSA) is 72.9 Å². The molecule has 0 amide bonds. The number of halogens is 3. The Morgan fingerprint density at radius 2 is 1.82 bits per heavy atom. The van der Waals surface area contributed by atoms with E-state index < -0.39 is 17.7 Å². The van der Waals surface area contributed by atoms with Crippen molar-refractivity contribution >= 4 is 16.9 Å². The van der Waals surface area contributed by atoms with Crippen LogP contribution < -0.4 is 0 Å². The first-order chi connectivity index (χ1) is 13.2. The van der Waals surface area contributed by atoms with E-state index >= 15 is 0 Å². The van der Waals surface area contributed by atoms with Crippen molar-refractivity contribution in [3.05, 3.63) is 66.1 Å². The second-order valence-corrected chi connectivity index (χ2v) is 6.27. The maximum Gasteiger partial charge on any atom is 0.416 e. The average Bonchev–Trinajstić information content (AvgIpc) is 3.24. The molecule has 6 nitrogen and oxygen atoms in total. The van der Waals surface area contributed by atoms with Gasteiger partial charge in [0.15, 0.2) is 5.82 Å². The summed E-state index contributed by atoms with van der Waals surface area (Å²) in [6.07, 6.45) is -1.15. The monoisotopic (exact) mass is 386 g/mol. The molecule has 2 aromatic heterocycles. The molecule has 1 N–H and O–H groups in total. The molecule has 0 aliphatic carbocycles. The molecule has 4 rings (SSSR count). The molecule has 0 aliphatic rings. The molecule has 2 heterocycles. The zero-order chi connectivity index (χ0) is 20.1. The smallest absolute Gasteiger partial charge is 0.416 e. The lowest BCUT2D eigenvalue weighted by Gasteiger charge is -2.06. The van der Waals surface area contributed by atoms with E-state index in [9.17, 15) is 23.1 Å². The molecule has 0 bridgehead atoms. The zero-order valence-corrected chi connectivity index (χ0v) is 14.5. The Morgan fingerprint density at radius 3 is 2.39 bits per heavy atom. The highest BCUT2D eigenvalue weighted by molar-refractivity contribution is 5.99. The van der Waals surface area contributed by atoms with Gasteiger partial charge in [-0.15, -0.1) is 0 Å². The van der Waals surface area contributed by atoms with Crippen LogP contribution in [0, 0.1) is 0 Å². The first-order valence-electron chi connectivity index (χ1n) is 8.16. The molecule has 4 aromatic rings. The number of aromatic carboxylic acids is 1. The van der Waals surface area contributed by atoms with Crippen molar-refractivity contribution in [1.82, 2.24) is 19.3 Å². The van der Waals surface area contributed by atoms with Crippen molar-refractivity contribution in [3.63, 3.8) is 0 Å². The Morgan fingerprint density at radius 1 is 1.11 bits per heavy atom. The van der Waals surface area contributed by atoms with Gasteiger partial charge in [-0.25, -0.2) is 14.5 Å². The van der Waals surface area contributed by atoms with E-state index in [2.05, 4.69) is 10.1 Å². The van der Waals surface area contributed by atoms with Gasteiger partial charge in [0.05, 0.1) is 23.0 Å². The van der Waals surface area contributed by atoms with E-state index in [1.54, 1.807) is 30.2 Å². The van der Waals surface area contributed by atoms with Crippen LogP contribution in [0.25, 0.3) is 28.0 Å². The SMILES string of the molecule is Cn1cnc(-n2nc(-c3ccc(C(F)(F)F)cc3)c3ccc(C(=O)O)cc32)c1. The number of benzene rings is 2. The number of rotatable bonds is 3. The summed E-state index contributed by atoms with van der Waals surface area (Å²) in [7, 11) is 1.78. The normalized spacial score (nSPS) is 11.9. The molecule has 0 spiro atoms. The highest BCUT2D eigenvalue weighted by atomic mass is 19.4. The molecule has 142 valence electrons. The van der Waals surface area contributed by atoms with Crippen LogP contribution in [0.4, 0.5) is 13.2 Å². The van der Waals surface area contributed by atoms with Gasteiger partial charge in [0, 0.05) is 24.2 Å². The van der Waals surface area contributed by atoms with Crippen molar-refractivity contribution < 1.29 is 23.1 Å². The number of carboxylic acid groups (broad SMARTS) is 1. The molecule has 2 aromatic carbocycles. The van der Waals surface area contributed by atoms with Crippen molar-refractivity contribution in [3.8, 4) is 17.1 Å². The summed E-state index contributed by atoms with van der Waals surface area (Å²) in [4.78, 5) is 15.6. The van der Waals surface area contributed by atoms with Crippen LogP contribution in [-0.2, 0) is 13.2 Å². The third-order valence-electron chi connectivity index (χ3n) is 4.32. The summed E-state index contributed by atoms with van der Waals surface area (Å²) in [5.74, 6) is -0.625. The van der Waals surface area contributed by atoms with Gasteiger partial charge in [0.1, 0.15) is 5.69 Å². The Balaban J connectivity index is 1.93. The summed E-state index contributed by atoms with van der Waals surface area (Å²) in [6.45, 7) is 0. The molecule has 0 radical (unpaired) electrons.